The topological polar surface area (TPSA) is 68.7 Å². The second-order valence-corrected chi connectivity index (χ2v) is 7.68. The zero-order valence-corrected chi connectivity index (χ0v) is 16.1. The number of carbonyl (C=O) groups is 2. The molecule has 7 heteroatoms. The molecule has 0 spiro atoms. The van der Waals surface area contributed by atoms with Gasteiger partial charge in [0.1, 0.15) is 5.60 Å². The smallest absolute Gasteiger partial charge is 0.410 e. The number of aromatic nitrogens is 1. The van der Waals surface area contributed by atoms with Gasteiger partial charge in [-0.3, -0.25) is 4.98 Å². The molecule has 1 aromatic rings. The van der Waals surface area contributed by atoms with Gasteiger partial charge in [-0.25, -0.2) is 9.59 Å². The van der Waals surface area contributed by atoms with E-state index in [4.69, 9.17) is 9.47 Å². The second-order valence-electron chi connectivity index (χ2n) is 6.82. The molecule has 2 rings (SSSR count). The summed E-state index contributed by atoms with van der Waals surface area (Å²) in [5, 5.41) is 0. The van der Waals surface area contributed by atoms with Crippen molar-refractivity contribution in [3.63, 3.8) is 0 Å². The first-order chi connectivity index (χ1) is 11.2. The maximum atomic E-state index is 12.1. The Morgan fingerprint density at radius 3 is 2.42 bits per heavy atom. The highest BCUT2D eigenvalue weighted by Crippen LogP contribution is 2.32. The van der Waals surface area contributed by atoms with Gasteiger partial charge in [0, 0.05) is 29.7 Å². The van der Waals surface area contributed by atoms with E-state index in [2.05, 4.69) is 20.9 Å². The molecule has 1 amide bonds. The van der Waals surface area contributed by atoms with E-state index < -0.39 is 11.6 Å². The lowest BCUT2D eigenvalue weighted by Gasteiger charge is -2.33. The first-order valence-corrected chi connectivity index (χ1v) is 8.72. The maximum absolute atomic E-state index is 12.1. The lowest BCUT2D eigenvalue weighted by molar-refractivity contribution is 0.0203. The monoisotopic (exact) mass is 398 g/mol. The van der Waals surface area contributed by atoms with Gasteiger partial charge in [0.2, 0.25) is 0 Å². The number of likely N-dealkylation sites (tertiary alicyclic amines) is 1. The van der Waals surface area contributed by atoms with E-state index in [0.717, 1.165) is 23.0 Å². The number of pyridine rings is 1. The highest BCUT2D eigenvalue weighted by molar-refractivity contribution is 9.10. The molecule has 0 N–H and O–H groups in total. The van der Waals surface area contributed by atoms with Gasteiger partial charge in [0.05, 0.1) is 18.4 Å². The van der Waals surface area contributed by atoms with Crippen LogP contribution in [-0.4, -0.2) is 47.7 Å². The number of halogens is 1. The normalized spacial score (nSPS) is 16.0. The van der Waals surface area contributed by atoms with Crippen molar-refractivity contribution in [3.05, 3.63) is 28.0 Å². The highest BCUT2D eigenvalue weighted by atomic mass is 79.9. The van der Waals surface area contributed by atoms with Gasteiger partial charge < -0.3 is 14.4 Å². The molecule has 132 valence electrons. The van der Waals surface area contributed by atoms with Gasteiger partial charge in [0.15, 0.2) is 0 Å². The molecule has 1 aliphatic rings. The van der Waals surface area contributed by atoms with Crippen LogP contribution >= 0.6 is 15.9 Å². The molecule has 6 nitrogen and oxygen atoms in total. The van der Waals surface area contributed by atoms with E-state index in [-0.39, 0.29) is 12.0 Å². The fourth-order valence-electron chi connectivity index (χ4n) is 2.64. The molecule has 0 aromatic carbocycles. The van der Waals surface area contributed by atoms with Crippen molar-refractivity contribution < 1.29 is 19.1 Å². The van der Waals surface area contributed by atoms with Gasteiger partial charge in [-0.2, -0.15) is 0 Å². The largest absolute Gasteiger partial charge is 0.465 e. The molecule has 1 aromatic heterocycles. The number of piperidine rings is 1. The Balaban J connectivity index is 2.00. The van der Waals surface area contributed by atoms with E-state index in [0.29, 0.717) is 18.7 Å². The van der Waals surface area contributed by atoms with Crippen molar-refractivity contribution in [2.45, 2.75) is 45.1 Å². The van der Waals surface area contributed by atoms with Crippen molar-refractivity contribution in [2.24, 2.45) is 0 Å². The minimum absolute atomic E-state index is 0.241. The number of rotatable bonds is 2. The summed E-state index contributed by atoms with van der Waals surface area (Å²) in [6.45, 7) is 6.85. The predicted molar refractivity (Wildman–Crippen MR) is 93.1 cm³/mol. The molecular formula is C17H23BrN2O4. The van der Waals surface area contributed by atoms with Gasteiger partial charge in [-0.05, 0) is 55.6 Å². The number of hydrogen-bond acceptors (Lipinski definition) is 5. The number of carbonyl (C=O) groups excluding carboxylic acids is 2. The van der Waals surface area contributed by atoms with Gasteiger partial charge >= 0.3 is 12.1 Å². The summed E-state index contributed by atoms with van der Waals surface area (Å²) in [6, 6.07) is 1.73. The van der Waals surface area contributed by atoms with E-state index >= 15 is 0 Å². The van der Waals surface area contributed by atoms with E-state index in [1.165, 1.54) is 13.3 Å². The Hall–Kier alpha value is -1.63. The minimum atomic E-state index is -0.484. The molecule has 0 saturated carbocycles. The highest BCUT2D eigenvalue weighted by Gasteiger charge is 2.29. The third-order valence-electron chi connectivity index (χ3n) is 3.82. The van der Waals surface area contributed by atoms with Crippen LogP contribution < -0.4 is 0 Å². The fourth-order valence-corrected chi connectivity index (χ4v) is 3.31. The molecular weight excluding hydrogens is 376 g/mol. The Morgan fingerprint density at radius 2 is 1.92 bits per heavy atom. The number of amides is 1. The molecule has 1 aliphatic heterocycles. The van der Waals surface area contributed by atoms with Crippen LogP contribution in [0.2, 0.25) is 0 Å². The van der Waals surface area contributed by atoms with E-state index in [9.17, 15) is 9.59 Å². The minimum Gasteiger partial charge on any atom is -0.465 e. The summed E-state index contributed by atoms with van der Waals surface area (Å²) >= 11 is 3.49. The van der Waals surface area contributed by atoms with Crippen molar-refractivity contribution in [1.82, 2.24) is 9.88 Å². The second kappa shape index (κ2) is 7.51. The Labute approximate surface area is 150 Å². The number of methoxy groups -OCH3 is 1. The SMILES string of the molecule is COC(=O)c1cnc(C2CCN(C(=O)OC(C)(C)C)CC2)c(Br)c1. The average Bonchev–Trinajstić information content (AvgIpc) is 2.52. The maximum Gasteiger partial charge on any atom is 0.410 e. The Morgan fingerprint density at radius 1 is 1.29 bits per heavy atom. The van der Waals surface area contributed by atoms with E-state index in [1.54, 1.807) is 11.0 Å². The lowest BCUT2D eigenvalue weighted by Crippen LogP contribution is -2.41. The summed E-state index contributed by atoms with van der Waals surface area (Å²) in [7, 11) is 1.34. The zero-order valence-electron chi connectivity index (χ0n) is 14.5. The number of esters is 1. The standard InChI is InChI=1S/C17H23BrN2O4/c1-17(2,3)24-16(22)20-7-5-11(6-8-20)14-13(18)9-12(10-19-14)15(21)23-4/h9-11H,5-8H2,1-4H3. The molecule has 0 atom stereocenters. The molecule has 24 heavy (non-hydrogen) atoms. The van der Waals surface area contributed by atoms with Crippen LogP contribution in [-0.2, 0) is 9.47 Å². The molecule has 1 fully saturated rings. The van der Waals surface area contributed by atoms with Crippen LogP contribution in [0.15, 0.2) is 16.7 Å². The number of hydrogen-bond donors (Lipinski definition) is 0. The average molecular weight is 399 g/mol. The third-order valence-corrected chi connectivity index (χ3v) is 4.46. The van der Waals surface area contributed by atoms with Crippen LogP contribution in [0.3, 0.4) is 0 Å². The third kappa shape index (κ3) is 4.69. The van der Waals surface area contributed by atoms with Crippen molar-refractivity contribution in [2.75, 3.05) is 20.2 Å². The van der Waals surface area contributed by atoms with Crippen LogP contribution in [0.1, 0.15) is 55.6 Å². The predicted octanol–water partition coefficient (Wildman–Crippen LogP) is 3.75. The van der Waals surface area contributed by atoms with E-state index in [1.807, 2.05) is 20.8 Å². The van der Waals surface area contributed by atoms with Crippen molar-refractivity contribution in [1.29, 1.82) is 0 Å². The van der Waals surface area contributed by atoms with Crippen molar-refractivity contribution >= 4 is 28.0 Å². The zero-order chi connectivity index (χ0) is 17.9. The molecule has 0 radical (unpaired) electrons. The van der Waals surface area contributed by atoms with Gasteiger partial charge in [-0.1, -0.05) is 0 Å². The van der Waals surface area contributed by atoms with Gasteiger partial charge in [-0.15, -0.1) is 0 Å². The number of nitrogens with zero attached hydrogens (tertiary/aromatic N) is 2. The molecule has 0 aliphatic carbocycles. The molecule has 2 heterocycles. The fraction of sp³-hybridized carbons (Fsp3) is 0.588. The first-order valence-electron chi connectivity index (χ1n) is 7.93. The Bertz CT molecular complexity index is 620. The molecule has 0 bridgehead atoms. The van der Waals surface area contributed by atoms with Crippen LogP contribution in [0.5, 0.6) is 0 Å². The summed E-state index contributed by atoms with van der Waals surface area (Å²) in [5.74, 6) is -0.167. The molecule has 0 unspecified atom stereocenters. The lowest BCUT2D eigenvalue weighted by atomic mass is 9.93. The van der Waals surface area contributed by atoms with Crippen LogP contribution in [0, 0.1) is 0 Å². The first kappa shape index (κ1) is 18.7. The quantitative estimate of drug-likeness (QED) is 0.709. The van der Waals surface area contributed by atoms with Crippen molar-refractivity contribution in [3.8, 4) is 0 Å². The Kier molecular flexibility index (Phi) is 5.85. The number of ether oxygens (including phenoxy) is 2. The van der Waals surface area contributed by atoms with Crippen LogP contribution in [0.4, 0.5) is 4.79 Å². The molecule has 1 saturated heterocycles. The van der Waals surface area contributed by atoms with Gasteiger partial charge in [0.25, 0.3) is 0 Å². The summed E-state index contributed by atoms with van der Waals surface area (Å²) in [6.07, 6.45) is 2.88. The van der Waals surface area contributed by atoms with Crippen LogP contribution in [0.25, 0.3) is 0 Å². The summed E-state index contributed by atoms with van der Waals surface area (Å²) < 4.78 is 10.9. The summed E-state index contributed by atoms with van der Waals surface area (Å²) in [4.78, 5) is 29.8. The summed E-state index contributed by atoms with van der Waals surface area (Å²) in [5.41, 5.74) is 0.841.